The molecule has 134 valence electrons. The molecule has 26 heavy (non-hydrogen) atoms. The number of carbonyl (C=O) groups is 1. The number of Topliss-reactive ketones (excluding diaryl/α,β-unsaturated/α-hetero) is 1. The summed E-state index contributed by atoms with van der Waals surface area (Å²) in [6.45, 7) is 6.50. The minimum atomic E-state index is -0.348. The van der Waals surface area contributed by atoms with E-state index < -0.39 is 0 Å². The smallest absolute Gasteiger partial charge is 0.192 e. The van der Waals surface area contributed by atoms with Gasteiger partial charge in [0.2, 0.25) is 0 Å². The Labute approximate surface area is 158 Å². The van der Waals surface area contributed by atoms with Gasteiger partial charge in [0, 0.05) is 11.0 Å². The topological polar surface area (TPSA) is 47.8 Å². The molecule has 0 spiro atoms. The molecule has 0 saturated heterocycles. The lowest BCUT2D eigenvalue weighted by Crippen LogP contribution is -2.22. The van der Waals surface area contributed by atoms with Gasteiger partial charge in [-0.05, 0) is 5.56 Å². The summed E-state index contributed by atoms with van der Waals surface area (Å²) in [6, 6.07) is 20.3. The third-order valence-corrected chi connectivity index (χ3v) is 5.07. The van der Waals surface area contributed by atoms with Gasteiger partial charge in [-0.25, -0.2) is 0 Å². The van der Waals surface area contributed by atoms with Crippen LogP contribution in [0.15, 0.2) is 65.8 Å². The SMILES string of the molecule is CC(C)(C)C(=O)CSc1nnc(-c2ccccc2)n1Cc1ccccc1. The molecule has 0 radical (unpaired) electrons. The molecule has 0 aliphatic heterocycles. The van der Waals surface area contributed by atoms with Crippen LogP contribution in [0.4, 0.5) is 0 Å². The molecule has 1 heterocycles. The van der Waals surface area contributed by atoms with Crippen LogP contribution in [0.2, 0.25) is 0 Å². The third-order valence-electron chi connectivity index (χ3n) is 4.10. The number of carbonyl (C=O) groups excluding carboxylic acids is 1. The van der Waals surface area contributed by atoms with Crippen molar-refractivity contribution in [2.75, 3.05) is 5.75 Å². The first-order valence-corrected chi connectivity index (χ1v) is 9.62. The van der Waals surface area contributed by atoms with Crippen molar-refractivity contribution < 1.29 is 4.79 Å². The van der Waals surface area contributed by atoms with Gasteiger partial charge >= 0.3 is 0 Å². The van der Waals surface area contributed by atoms with Gasteiger partial charge in [-0.2, -0.15) is 0 Å². The summed E-state index contributed by atoms with van der Waals surface area (Å²) in [5, 5.41) is 9.54. The van der Waals surface area contributed by atoms with Crippen LogP contribution in [-0.2, 0) is 11.3 Å². The maximum Gasteiger partial charge on any atom is 0.192 e. The molecule has 0 amide bonds. The van der Waals surface area contributed by atoms with E-state index >= 15 is 0 Å². The first-order chi connectivity index (χ1) is 12.4. The number of ketones is 1. The van der Waals surface area contributed by atoms with Crippen molar-refractivity contribution in [2.45, 2.75) is 32.5 Å². The molecule has 0 aliphatic carbocycles. The molecule has 0 aliphatic rings. The van der Waals surface area contributed by atoms with Gasteiger partial charge in [0.05, 0.1) is 12.3 Å². The lowest BCUT2D eigenvalue weighted by molar-refractivity contribution is -0.123. The van der Waals surface area contributed by atoms with Crippen LogP contribution >= 0.6 is 11.8 Å². The zero-order valence-electron chi connectivity index (χ0n) is 15.3. The average molecular weight is 366 g/mol. The quantitative estimate of drug-likeness (QED) is 0.594. The Balaban J connectivity index is 1.91. The highest BCUT2D eigenvalue weighted by atomic mass is 32.2. The minimum Gasteiger partial charge on any atom is -0.298 e. The third kappa shape index (κ3) is 4.41. The van der Waals surface area contributed by atoms with Crippen molar-refractivity contribution in [1.82, 2.24) is 14.8 Å². The van der Waals surface area contributed by atoms with Crippen LogP contribution in [-0.4, -0.2) is 26.3 Å². The lowest BCUT2D eigenvalue weighted by atomic mass is 9.92. The number of benzene rings is 2. The summed E-state index contributed by atoms with van der Waals surface area (Å²) in [5.74, 6) is 1.42. The van der Waals surface area contributed by atoms with Crippen LogP contribution in [0.3, 0.4) is 0 Å². The molecule has 0 fully saturated rings. The Bertz CT molecular complexity index is 867. The van der Waals surface area contributed by atoms with Gasteiger partial charge in [-0.3, -0.25) is 9.36 Å². The van der Waals surface area contributed by atoms with E-state index in [0.29, 0.717) is 12.3 Å². The Morgan fingerprint density at radius 3 is 2.19 bits per heavy atom. The Hall–Kier alpha value is -2.40. The van der Waals surface area contributed by atoms with Crippen LogP contribution in [0, 0.1) is 5.41 Å². The summed E-state index contributed by atoms with van der Waals surface area (Å²) in [4.78, 5) is 12.3. The monoisotopic (exact) mass is 365 g/mol. The van der Waals surface area contributed by atoms with Crippen molar-refractivity contribution >= 4 is 17.5 Å². The average Bonchev–Trinajstić information content (AvgIpc) is 3.03. The van der Waals surface area contributed by atoms with Crippen molar-refractivity contribution in [3.05, 3.63) is 66.2 Å². The molecule has 0 saturated carbocycles. The molecular weight excluding hydrogens is 342 g/mol. The van der Waals surface area contributed by atoms with E-state index in [4.69, 9.17) is 0 Å². The zero-order chi connectivity index (χ0) is 18.6. The molecule has 5 heteroatoms. The van der Waals surface area contributed by atoms with Crippen molar-refractivity contribution in [2.24, 2.45) is 5.41 Å². The molecule has 4 nitrogen and oxygen atoms in total. The number of nitrogens with zero attached hydrogens (tertiary/aromatic N) is 3. The van der Waals surface area contributed by atoms with E-state index in [-0.39, 0.29) is 11.2 Å². The summed E-state index contributed by atoms with van der Waals surface area (Å²) in [5.41, 5.74) is 1.85. The van der Waals surface area contributed by atoms with E-state index in [1.165, 1.54) is 17.3 Å². The van der Waals surface area contributed by atoms with Gasteiger partial charge < -0.3 is 0 Å². The number of hydrogen-bond donors (Lipinski definition) is 0. The van der Waals surface area contributed by atoms with Crippen LogP contribution in [0.1, 0.15) is 26.3 Å². The second kappa shape index (κ2) is 7.87. The summed E-state index contributed by atoms with van der Waals surface area (Å²) >= 11 is 1.46. The molecule has 2 aromatic carbocycles. The van der Waals surface area contributed by atoms with E-state index in [2.05, 4.69) is 26.9 Å². The molecule has 0 N–H and O–H groups in total. The molecule has 1 aromatic heterocycles. The highest BCUT2D eigenvalue weighted by Gasteiger charge is 2.23. The normalized spacial score (nSPS) is 11.5. The highest BCUT2D eigenvalue weighted by Crippen LogP contribution is 2.27. The van der Waals surface area contributed by atoms with Crippen LogP contribution in [0.5, 0.6) is 0 Å². The van der Waals surface area contributed by atoms with Gasteiger partial charge in [0.15, 0.2) is 11.0 Å². The van der Waals surface area contributed by atoms with Crippen molar-refractivity contribution in [1.29, 1.82) is 0 Å². The first-order valence-electron chi connectivity index (χ1n) is 8.64. The van der Waals surface area contributed by atoms with Crippen molar-refractivity contribution in [3.8, 4) is 11.4 Å². The van der Waals surface area contributed by atoms with E-state index in [0.717, 1.165) is 16.5 Å². The fourth-order valence-electron chi connectivity index (χ4n) is 2.45. The molecule has 0 bridgehead atoms. The first kappa shape index (κ1) is 18.4. The minimum absolute atomic E-state index is 0.207. The molecule has 3 aromatic rings. The highest BCUT2D eigenvalue weighted by molar-refractivity contribution is 7.99. The van der Waals surface area contributed by atoms with Gasteiger partial charge in [0.1, 0.15) is 5.78 Å². The standard InChI is InChI=1S/C21H23N3OS/c1-21(2,3)18(25)15-26-20-23-22-19(17-12-8-5-9-13-17)24(20)14-16-10-6-4-7-11-16/h4-13H,14-15H2,1-3H3. The molecule has 3 rings (SSSR count). The fourth-order valence-corrected chi connectivity index (χ4v) is 3.55. The second-order valence-electron chi connectivity index (χ2n) is 7.21. The number of hydrogen-bond acceptors (Lipinski definition) is 4. The predicted molar refractivity (Wildman–Crippen MR) is 106 cm³/mol. The maximum absolute atomic E-state index is 12.3. The second-order valence-corrected chi connectivity index (χ2v) is 8.15. The summed E-state index contributed by atoms with van der Waals surface area (Å²) < 4.78 is 2.09. The summed E-state index contributed by atoms with van der Waals surface area (Å²) in [6.07, 6.45) is 0. The largest absolute Gasteiger partial charge is 0.298 e. The zero-order valence-corrected chi connectivity index (χ0v) is 16.2. The van der Waals surface area contributed by atoms with Crippen molar-refractivity contribution in [3.63, 3.8) is 0 Å². The lowest BCUT2D eigenvalue weighted by Gasteiger charge is -2.16. The maximum atomic E-state index is 12.3. The van der Waals surface area contributed by atoms with Gasteiger partial charge in [0.25, 0.3) is 0 Å². The number of thioether (sulfide) groups is 1. The van der Waals surface area contributed by atoms with Gasteiger partial charge in [-0.1, -0.05) is 93.2 Å². The Morgan fingerprint density at radius 2 is 1.58 bits per heavy atom. The van der Waals surface area contributed by atoms with Crippen LogP contribution < -0.4 is 0 Å². The number of rotatable bonds is 6. The Kier molecular flexibility index (Phi) is 5.57. The molecule has 0 atom stereocenters. The van der Waals surface area contributed by atoms with Gasteiger partial charge in [-0.15, -0.1) is 10.2 Å². The van der Waals surface area contributed by atoms with E-state index in [1.807, 2.05) is 69.3 Å². The number of aromatic nitrogens is 3. The van der Waals surface area contributed by atoms with E-state index in [1.54, 1.807) is 0 Å². The van der Waals surface area contributed by atoms with E-state index in [9.17, 15) is 4.79 Å². The molecular formula is C21H23N3OS. The van der Waals surface area contributed by atoms with Crippen LogP contribution in [0.25, 0.3) is 11.4 Å². The molecule has 0 unspecified atom stereocenters. The Morgan fingerprint density at radius 1 is 0.962 bits per heavy atom. The fraction of sp³-hybridized carbons (Fsp3) is 0.286. The summed E-state index contributed by atoms with van der Waals surface area (Å²) in [7, 11) is 0. The predicted octanol–water partition coefficient (Wildman–Crippen LogP) is 4.70.